The number of nitrogens with one attached hydrogen (secondary N) is 1. The minimum Gasteiger partial charge on any atom is -0.481 e. The fraction of sp³-hybridized carbons (Fsp3) is 0.250. The SMILES string of the molecule is O=C(O)C[C@H](NC(=O)Cc1c(F)cccc1F)C(=O)O. The zero-order valence-electron chi connectivity index (χ0n) is 10.1. The molecule has 0 bridgehead atoms. The Morgan fingerprint density at radius 3 is 2.15 bits per heavy atom. The van der Waals surface area contributed by atoms with Crippen molar-refractivity contribution in [1.82, 2.24) is 5.32 Å². The summed E-state index contributed by atoms with van der Waals surface area (Å²) in [5.41, 5.74) is -0.510. The van der Waals surface area contributed by atoms with Gasteiger partial charge in [0, 0.05) is 5.56 Å². The molecule has 0 unspecified atom stereocenters. The van der Waals surface area contributed by atoms with E-state index in [9.17, 15) is 23.2 Å². The van der Waals surface area contributed by atoms with Crippen molar-refractivity contribution in [2.75, 3.05) is 0 Å². The third kappa shape index (κ3) is 4.30. The molecule has 6 nitrogen and oxygen atoms in total. The number of halogens is 2. The Hall–Kier alpha value is -2.51. The molecule has 0 heterocycles. The fourth-order valence-electron chi connectivity index (χ4n) is 1.48. The monoisotopic (exact) mass is 287 g/mol. The molecule has 20 heavy (non-hydrogen) atoms. The van der Waals surface area contributed by atoms with Crippen LogP contribution in [-0.4, -0.2) is 34.1 Å². The third-order valence-corrected chi connectivity index (χ3v) is 2.41. The summed E-state index contributed by atoms with van der Waals surface area (Å²) < 4.78 is 26.6. The van der Waals surface area contributed by atoms with Gasteiger partial charge in [-0.05, 0) is 12.1 Å². The van der Waals surface area contributed by atoms with Crippen molar-refractivity contribution < 1.29 is 33.4 Å². The number of carbonyl (C=O) groups is 3. The Kier molecular flexibility index (Phi) is 5.13. The van der Waals surface area contributed by atoms with E-state index in [2.05, 4.69) is 0 Å². The van der Waals surface area contributed by atoms with Crippen molar-refractivity contribution in [2.24, 2.45) is 0 Å². The maximum atomic E-state index is 13.3. The number of carbonyl (C=O) groups excluding carboxylic acids is 1. The molecule has 0 saturated heterocycles. The van der Waals surface area contributed by atoms with Crippen molar-refractivity contribution in [2.45, 2.75) is 18.9 Å². The first kappa shape index (κ1) is 15.5. The van der Waals surface area contributed by atoms with Crippen LogP contribution in [0.4, 0.5) is 8.78 Å². The number of hydrogen-bond donors (Lipinski definition) is 3. The number of carboxylic acids is 2. The van der Waals surface area contributed by atoms with Gasteiger partial charge >= 0.3 is 11.9 Å². The maximum Gasteiger partial charge on any atom is 0.326 e. The number of hydrogen-bond acceptors (Lipinski definition) is 3. The number of aliphatic carboxylic acids is 2. The van der Waals surface area contributed by atoms with Crippen molar-refractivity contribution >= 4 is 17.8 Å². The highest BCUT2D eigenvalue weighted by molar-refractivity contribution is 5.87. The minimum absolute atomic E-state index is 0.510. The summed E-state index contributed by atoms with van der Waals surface area (Å²) >= 11 is 0. The topological polar surface area (TPSA) is 104 Å². The second-order valence-corrected chi connectivity index (χ2v) is 3.93. The quantitative estimate of drug-likeness (QED) is 0.709. The van der Waals surface area contributed by atoms with Crippen molar-refractivity contribution in [3.8, 4) is 0 Å². The van der Waals surface area contributed by atoms with Gasteiger partial charge in [0.25, 0.3) is 0 Å². The van der Waals surface area contributed by atoms with Crippen LogP contribution in [0.25, 0.3) is 0 Å². The lowest BCUT2D eigenvalue weighted by Gasteiger charge is -2.12. The van der Waals surface area contributed by atoms with Gasteiger partial charge in [0.05, 0.1) is 12.8 Å². The van der Waals surface area contributed by atoms with Crippen LogP contribution >= 0.6 is 0 Å². The summed E-state index contributed by atoms with van der Waals surface area (Å²) in [4.78, 5) is 32.7. The predicted molar refractivity (Wildman–Crippen MR) is 61.9 cm³/mol. The lowest BCUT2D eigenvalue weighted by Crippen LogP contribution is -2.43. The zero-order chi connectivity index (χ0) is 15.3. The molecule has 0 fully saturated rings. The van der Waals surface area contributed by atoms with Gasteiger partial charge in [0.1, 0.15) is 17.7 Å². The highest BCUT2D eigenvalue weighted by atomic mass is 19.1. The third-order valence-electron chi connectivity index (χ3n) is 2.41. The number of amides is 1. The average molecular weight is 287 g/mol. The molecule has 0 saturated carbocycles. The molecule has 0 aromatic heterocycles. The van der Waals surface area contributed by atoms with Gasteiger partial charge in [-0.2, -0.15) is 0 Å². The second-order valence-electron chi connectivity index (χ2n) is 3.93. The van der Waals surface area contributed by atoms with Crippen LogP contribution in [-0.2, 0) is 20.8 Å². The summed E-state index contributed by atoms with van der Waals surface area (Å²) in [5.74, 6) is -5.83. The smallest absolute Gasteiger partial charge is 0.326 e. The molecular formula is C12H11F2NO5. The molecule has 1 aromatic rings. The van der Waals surface area contributed by atoms with Gasteiger partial charge in [0.15, 0.2) is 0 Å². The molecule has 0 aliphatic carbocycles. The van der Waals surface area contributed by atoms with Gasteiger partial charge in [0.2, 0.25) is 5.91 Å². The van der Waals surface area contributed by atoms with Crippen LogP contribution in [0.2, 0.25) is 0 Å². The Morgan fingerprint density at radius 1 is 1.15 bits per heavy atom. The summed E-state index contributed by atoms with van der Waals surface area (Å²) in [6, 6.07) is 1.38. The molecule has 0 aliphatic rings. The van der Waals surface area contributed by atoms with Crippen LogP contribution in [0.1, 0.15) is 12.0 Å². The molecular weight excluding hydrogens is 276 g/mol. The molecule has 3 N–H and O–H groups in total. The summed E-state index contributed by atoms with van der Waals surface area (Å²) in [5, 5.41) is 19.1. The van der Waals surface area contributed by atoms with E-state index in [0.29, 0.717) is 0 Å². The largest absolute Gasteiger partial charge is 0.481 e. The first-order chi connectivity index (χ1) is 9.31. The minimum atomic E-state index is -1.66. The van der Waals surface area contributed by atoms with Gasteiger partial charge in [-0.15, -0.1) is 0 Å². The first-order valence-corrected chi connectivity index (χ1v) is 5.48. The van der Waals surface area contributed by atoms with E-state index in [0.717, 1.165) is 18.2 Å². The van der Waals surface area contributed by atoms with Crippen LogP contribution < -0.4 is 5.32 Å². The van der Waals surface area contributed by atoms with Gasteiger partial charge < -0.3 is 15.5 Å². The maximum absolute atomic E-state index is 13.3. The average Bonchev–Trinajstić information content (AvgIpc) is 2.32. The van der Waals surface area contributed by atoms with E-state index in [-0.39, 0.29) is 0 Å². The fourth-order valence-corrected chi connectivity index (χ4v) is 1.48. The first-order valence-electron chi connectivity index (χ1n) is 5.48. The van der Waals surface area contributed by atoms with E-state index < -0.39 is 53.9 Å². The predicted octanol–water partition coefficient (Wildman–Crippen LogP) is 0.551. The summed E-state index contributed by atoms with van der Waals surface area (Å²) in [7, 11) is 0. The molecule has 0 radical (unpaired) electrons. The van der Waals surface area contributed by atoms with Crippen molar-refractivity contribution in [3.63, 3.8) is 0 Å². The Balaban J connectivity index is 2.76. The van der Waals surface area contributed by atoms with E-state index >= 15 is 0 Å². The number of carboxylic acid groups (broad SMARTS) is 2. The molecule has 1 rings (SSSR count). The summed E-state index contributed by atoms with van der Waals surface area (Å²) in [6.07, 6.45) is -1.55. The summed E-state index contributed by atoms with van der Waals surface area (Å²) in [6.45, 7) is 0. The van der Waals surface area contributed by atoms with Crippen LogP contribution in [0.3, 0.4) is 0 Å². The van der Waals surface area contributed by atoms with Crippen molar-refractivity contribution in [3.05, 3.63) is 35.4 Å². The normalized spacial score (nSPS) is 11.7. The number of rotatable bonds is 6. The Morgan fingerprint density at radius 2 is 1.70 bits per heavy atom. The Labute approximate surface area is 112 Å². The molecule has 8 heteroatoms. The standard InChI is InChI=1S/C12H11F2NO5/c13-7-2-1-3-8(14)6(7)4-10(16)15-9(12(19)20)5-11(17)18/h1-3,9H,4-5H2,(H,15,16)(H,17,18)(H,19,20)/t9-/m0/s1. The molecule has 0 spiro atoms. The van der Waals surface area contributed by atoms with E-state index in [4.69, 9.17) is 10.2 Å². The molecule has 1 atom stereocenters. The van der Waals surface area contributed by atoms with Gasteiger partial charge in [-0.25, -0.2) is 13.6 Å². The van der Waals surface area contributed by atoms with Gasteiger partial charge in [-0.3, -0.25) is 9.59 Å². The van der Waals surface area contributed by atoms with E-state index in [1.165, 1.54) is 0 Å². The van der Waals surface area contributed by atoms with Gasteiger partial charge in [-0.1, -0.05) is 6.07 Å². The van der Waals surface area contributed by atoms with Crippen LogP contribution in [0, 0.1) is 11.6 Å². The molecule has 108 valence electrons. The van der Waals surface area contributed by atoms with Crippen LogP contribution in [0.5, 0.6) is 0 Å². The Bertz CT molecular complexity index is 526. The highest BCUT2D eigenvalue weighted by Crippen LogP contribution is 2.12. The van der Waals surface area contributed by atoms with Crippen molar-refractivity contribution in [1.29, 1.82) is 0 Å². The van der Waals surface area contributed by atoms with E-state index in [1.807, 2.05) is 5.32 Å². The molecule has 0 aliphatic heterocycles. The second kappa shape index (κ2) is 6.60. The molecule has 1 amide bonds. The lowest BCUT2D eigenvalue weighted by molar-refractivity contribution is -0.147. The highest BCUT2D eigenvalue weighted by Gasteiger charge is 2.24. The van der Waals surface area contributed by atoms with Crippen LogP contribution in [0.15, 0.2) is 18.2 Å². The zero-order valence-corrected chi connectivity index (χ0v) is 10.1. The molecule has 1 aromatic carbocycles. The number of benzene rings is 1. The van der Waals surface area contributed by atoms with E-state index in [1.54, 1.807) is 0 Å². The lowest BCUT2D eigenvalue weighted by atomic mass is 10.1.